The van der Waals surface area contributed by atoms with Gasteiger partial charge in [-0.25, -0.2) is 9.69 Å². The van der Waals surface area contributed by atoms with E-state index in [-0.39, 0.29) is 28.8 Å². The number of hydrogen-bond donors (Lipinski definition) is 2. The van der Waals surface area contributed by atoms with Crippen molar-refractivity contribution in [2.24, 2.45) is 7.05 Å². The molecule has 27 heavy (non-hydrogen) atoms. The predicted octanol–water partition coefficient (Wildman–Crippen LogP) is 1.14. The summed E-state index contributed by atoms with van der Waals surface area (Å²) >= 11 is 1.21. The number of aromatic nitrogens is 2. The van der Waals surface area contributed by atoms with E-state index in [1.165, 1.54) is 16.4 Å². The number of carbonyl (C=O) groups is 2. The van der Waals surface area contributed by atoms with Crippen LogP contribution in [0, 0.1) is 6.92 Å². The van der Waals surface area contributed by atoms with Gasteiger partial charge in [-0.3, -0.25) is 24.5 Å². The van der Waals surface area contributed by atoms with Gasteiger partial charge < -0.3 is 5.32 Å². The number of para-hydroxylation sites is 1. The smallest absolute Gasteiger partial charge is 0.295 e. The first kappa shape index (κ1) is 20.8. The highest BCUT2D eigenvalue weighted by atomic mass is 32.2. The predicted molar refractivity (Wildman–Crippen MR) is 108 cm³/mol. The molecule has 2 N–H and O–H groups in total. The Morgan fingerprint density at radius 1 is 1.22 bits per heavy atom. The van der Waals surface area contributed by atoms with Crippen molar-refractivity contribution in [3.8, 4) is 5.69 Å². The lowest BCUT2D eigenvalue weighted by molar-refractivity contribution is -0.122. The topological polar surface area (TPSA) is 88.4 Å². The Morgan fingerprint density at radius 3 is 2.44 bits per heavy atom. The van der Waals surface area contributed by atoms with E-state index in [1.54, 1.807) is 44.7 Å². The second-order valence-corrected chi connectivity index (χ2v) is 7.64. The Bertz CT molecular complexity index is 873. The number of hydrogen-bond acceptors (Lipinski definition) is 5. The standard InChI is InChI=1S/C18H25N5O3S/c1-12-16(18(26)23(22(12)5)14-9-7-6-8-10-14)19-17(25)13(2)27-11-15(24)20-21(3)4/h6-10,13H,11H2,1-5H3,(H,19,25)(H,20,24)/t13-/m0/s1. The highest BCUT2D eigenvalue weighted by Crippen LogP contribution is 2.17. The lowest BCUT2D eigenvalue weighted by Crippen LogP contribution is -2.38. The van der Waals surface area contributed by atoms with E-state index in [2.05, 4.69) is 10.7 Å². The average molecular weight is 391 g/mol. The van der Waals surface area contributed by atoms with Crippen LogP contribution in [0.2, 0.25) is 0 Å². The van der Waals surface area contributed by atoms with Crippen molar-refractivity contribution >= 4 is 29.3 Å². The molecule has 2 aromatic rings. The lowest BCUT2D eigenvalue weighted by atomic mass is 10.3. The van der Waals surface area contributed by atoms with Crippen LogP contribution in [0.5, 0.6) is 0 Å². The van der Waals surface area contributed by atoms with Gasteiger partial charge in [0.2, 0.25) is 11.8 Å². The first-order valence-corrected chi connectivity index (χ1v) is 9.50. The van der Waals surface area contributed by atoms with Crippen molar-refractivity contribution in [1.29, 1.82) is 0 Å². The largest absolute Gasteiger partial charge is 0.319 e. The molecule has 2 amide bonds. The molecule has 0 spiro atoms. The SMILES string of the molecule is Cc1c(NC(=O)[C@H](C)SCC(=O)NN(C)C)c(=O)n(-c2ccccc2)n1C. The molecule has 2 rings (SSSR count). The van der Waals surface area contributed by atoms with E-state index in [1.807, 2.05) is 30.3 Å². The maximum Gasteiger partial charge on any atom is 0.295 e. The summed E-state index contributed by atoms with van der Waals surface area (Å²) in [7, 11) is 5.20. The molecular weight excluding hydrogens is 366 g/mol. The maximum atomic E-state index is 12.8. The average Bonchev–Trinajstić information content (AvgIpc) is 2.83. The Morgan fingerprint density at radius 2 is 1.85 bits per heavy atom. The normalized spacial score (nSPS) is 12.1. The lowest BCUT2D eigenvalue weighted by Gasteiger charge is -2.14. The molecule has 1 aromatic heterocycles. The summed E-state index contributed by atoms with van der Waals surface area (Å²) in [5.41, 5.74) is 3.94. The van der Waals surface area contributed by atoms with Crippen LogP contribution in [0.3, 0.4) is 0 Å². The number of rotatable bonds is 7. The van der Waals surface area contributed by atoms with Gasteiger partial charge in [-0.2, -0.15) is 0 Å². The van der Waals surface area contributed by atoms with Gasteiger partial charge in [0.25, 0.3) is 5.56 Å². The molecule has 0 bridgehead atoms. The summed E-state index contributed by atoms with van der Waals surface area (Å²) in [5, 5.41) is 3.78. The molecule has 9 heteroatoms. The quantitative estimate of drug-likeness (QED) is 0.691. The van der Waals surface area contributed by atoms with Gasteiger partial charge in [-0.1, -0.05) is 18.2 Å². The third kappa shape index (κ3) is 5.01. The number of anilines is 1. The molecular formula is C18H25N5O3S. The van der Waals surface area contributed by atoms with E-state index in [4.69, 9.17) is 0 Å². The van der Waals surface area contributed by atoms with Crippen LogP contribution in [0.15, 0.2) is 35.1 Å². The first-order valence-electron chi connectivity index (χ1n) is 8.45. The Labute approximate surface area is 162 Å². The van der Waals surface area contributed by atoms with Gasteiger partial charge >= 0.3 is 0 Å². The second kappa shape index (κ2) is 8.92. The molecule has 8 nitrogen and oxygen atoms in total. The molecule has 1 aromatic carbocycles. The van der Waals surface area contributed by atoms with Gasteiger partial charge in [0.05, 0.1) is 22.4 Å². The maximum absolute atomic E-state index is 12.8. The van der Waals surface area contributed by atoms with E-state index in [0.29, 0.717) is 5.69 Å². The summed E-state index contributed by atoms with van der Waals surface area (Å²) in [6, 6.07) is 9.22. The number of thioether (sulfide) groups is 1. The van der Waals surface area contributed by atoms with Gasteiger partial charge in [0.1, 0.15) is 5.69 Å². The fraction of sp³-hybridized carbons (Fsp3) is 0.389. The number of hydrazine groups is 1. The fourth-order valence-corrected chi connectivity index (χ4v) is 3.17. The molecule has 146 valence electrons. The highest BCUT2D eigenvalue weighted by molar-refractivity contribution is 8.01. The molecule has 1 atom stereocenters. The van der Waals surface area contributed by atoms with Crippen LogP contribution in [-0.4, -0.2) is 51.3 Å². The second-order valence-electron chi connectivity index (χ2n) is 6.31. The van der Waals surface area contributed by atoms with E-state index in [0.717, 1.165) is 5.69 Å². The first-order chi connectivity index (χ1) is 12.7. The van der Waals surface area contributed by atoms with Crippen molar-refractivity contribution in [3.63, 3.8) is 0 Å². The van der Waals surface area contributed by atoms with E-state index in [9.17, 15) is 14.4 Å². The van der Waals surface area contributed by atoms with E-state index >= 15 is 0 Å². The summed E-state index contributed by atoms with van der Waals surface area (Å²) in [6.07, 6.45) is 0. The third-order valence-electron chi connectivity index (χ3n) is 3.98. The number of benzene rings is 1. The van der Waals surface area contributed by atoms with Crippen LogP contribution in [0.4, 0.5) is 5.69 Å². The molecule has 0 aliphatic heterocycles. The summed E-state index contributed by atoms with van der Waals surface area (Å²) in [6.45, 7) is 3.48. The van der Waals surface area contributed by atoms with Crippen molar-refractivity contribution in [2.45, 2.75) is 19.1 Å². The van der Waals surface area contributed by atoms with Crippen LogP contribution >= 0.6 is 11.8 Å². The molecule has 0 radical (unpaired) electrons. The van der Waals surface area contributed by atoms with Gasteiger partial charge in [0.15, 0.2) is 0 Å². The summed E-state index contributed by atoms with van der Waals surface area (Å²) < 4.78 is 3.21. The van der Waals surface area contributed by atoms with Gasteiger partial charge in [-0.15, -0.1) is 11.8 Å². The minimum Gasteiger partial charge on any atom is -0.319 e. The van der Waals surface area contributed by atoms with Crippen molar-refractivity contribution in [1.82, 2.24) is 19.8 Å². The molecule has 0 aliphatic rings. The Kier molecular flexibility index (Phi) is 6.86. The number of carbonyl (C=O) groups excluding carboxylic acids is 2. The van der Waals surface area contributed by atoms with Crippen molar-refractivity contribution in [3.05, 3.63) is 46.4 Å². The zero-order valence-corrected chi connectivity index (χ0v) is 17.0. The van der Waals surface area contributed by atoms with Crippen LogP contribution in [0.25, 0.3) is 5.69 Å². The van der Waals surface area contributed by atoms with Gasteiger partial charge in [0, 0.05) is 21.1 Å². The van der Waals surface area contributed by atoms with Crippen molar-refractivity contribution in [2.75, 3.05) is 25.2 Å². The molecule has 0 unspecified atom stereocenters. The molecule has 0 aliphatic carbocycles. The van der Waals surface area contributed by atoms with Crippen LogP contribution < -0.4 is 16.3 Å². The van der Waals surface area contributed by atoms with Crippen LogP contribution in [0.1, 0.15) is 12.6 Å². The zero-order valence-electron chi connectivity index (χ0n) is 16.1. The summed E-state index contributed by atoms with van der Waals surface area (Å²) in [4.78, 5) is 37.0. The molecule has 0 saturated heterocycles. The minimum absolute atomic E-state index is 0.148. The highest BCUT2D eigenvalue weighted by Gasteiger charge is 2.21. The number of nitrogens with zero attached hydrogens (tertiary/aromatic N) is 3. The fourth-order valence-electron chi connectivity index (χ4n) is 2.50. The number of amides is 2. The minimum atomic E-state index is -0.484. The summed E-state index contributed by atoms with van der Waals surface area (Å²) in [5.74, 6) is -0.356. The van der Waals surface area contributed by atoms with Crippen LogP contribution in [-0.2, 0) is 16.6 Å². The zero-order chi connectivity index (χ0) is 20.1. The Hall–Kier alpha value is -2.52. The Balaban J connectivity index is 2.12. The monoisotopic (exact) mass is 391 g/mol. The van der Waals surface area contributed by atoms with Gasteiger partial charge in [-0.05, 0) is 26.0 Å². The third-order valence-corrected chi connectivity index (χ3v) is 5.13. The number of nitrogens with one attached hydrogen (secondary N) is 2. The van der Waals surface area contributed by atoms with E-state index < -0.39 is 5.25 Å². The molecule has 0 saturated carbocycles. The molecule has 1 heterocycles. The van der Waals surface area contributed by atoms with Crippen molar-refractivity contribution < 1.29 is 9.59 Å². The molecule has 0 fully saturated rings.